The molecule has 1 aromatic carbocycles. The molecule has 0 saturated heterocycles. The molecular weight excluding hydrogens is 487 g/mol. The average Bonchev–Trinajstić information content (AvgIpc) is 3.35. The van der Waals surface area contributed by atoms with E-state index in [0.717, 1.165) is 11.1 Å². The third-order valence-corrected chi connectivity index (χ3v) is 8.67. The van der Waals surface area contributed by atoms with Gasteiger partial charge < -0.3 is 15.2 Å². The molecule has 1 amide bonds. The first-order valence-electron chi connectivity index (χ1n) is 11.7. The van der Waals surface area contributed by atoms with E-state index in [1.807, 2.05) is 0 Å². The molecule has 2 heterocycles. The Hall–Kier alpha value is -2.84. The lowest BCUT2D eigenvalue weighted by atomic mass is 9.45. The van der Waals surface area contributed by atoms with Gasteiger partial charge in [-0.1, -0.05) is 44.0 Å². The topological polar surface area (TPSA) is 93.8 Å². The monoisotopic (exact) mass is 514 g/mol. The Labute approximate surface area is 213 Å². The number of amides is 1. The summed E-state index contributed by atoms with van der Waals surface area (Å²) in [4.78, 5) is 29.5. The smallest absolute Gasteiger partial charge is 0.288 e. The quantitative estimate of drug-likeness (QED) is 0.489. The molecule has 3 aliphatic carbocycles. The standard InChI is InChI=1S/C25H28Cl2N6O2/c1-14-17-8-15(25(17,2)3)9-19(14)31-20-11-29-33(24(35)23(20)27)12-22(34)30-16-4-5-18(26)21(10-16)32-7-6-28-13-32/h4-7,10-11,13-15,17,19,31H,8-9,12H2,1-3H3,(H,30,34)/t14-,15+,17-,19-/m1/s1. The lowest BCUT2D eigenvalue weighted by Crippen LogP contribution is -2.58. The largest absolute Gasteiger partial charge is 0.379 e. The van der Waals surface area contributed by atoms with Crippen LogP contribution in [0.25, 0.3) is 5.69 Å². The molecular formula is C25H28Cl2N6O2. The average molecular weight is 515 g/mol. The number of nitrogens with one attached hydrogen (secondary N) is 2. The number of aromatic nitrogens is 4. The molecule has 2 N–H and O–H groups in total. The van der Waals surface area contributed by atoms with Crippen LogP contribution in [0, 0.1) is 23.2 Å². The minimum Gasteiger partial charge on any atom is -0.379 e. The minimum atomic E-state index is -0.504. The molecule has 184 valence electrons. The number of halogens is 2. The molecule has 4 atom stereocenters. The van der Waals surface area contributed by atoms with Crippen molar-refractivity contribution in [1.82, 2.24) is 19.3 Å². The fraction of sp³-hybridized carbons (Fsp3) is 0.440. The van der Waals surface area contributed by atoms with Gasteiger partial charge >= 0.3 is 0 Å². The number of imidazole rings is 1. The summed E-state index contributed by atoms with van der Waals surface area (Å²) in [5.41, 5.74) is 1.60. The van der Waals surface area contributed by atoms with E-state index in [9.17, 15) is 9.59 Å². The van der Waals surface area contributed by atoms with Crippen LogP contribution in [0.2, 0.25) is 10.0 Å². The Morgan fingerprint density at radius 1 is 1.26 bits per heavy atom. The molecule has 2 aromatic heterocycles. The number of anilines is 2. The van der Waals surface area contributed by atoms with Crippen molar-refractivity contribution in [2.75, 3.05) is 10.6 Å². The van der Waals surface area contributed by atoms with E-state index in [2.05, 4.69) is 41.5 Å². The van der Waals surface area contributed by atoms with Gasteiger partial charge in [0.1, 0.15) is 11.6 Å². The molecule has 35 heavy (non-hydrogen) atoms. The maximum absolute atomic E-state index is 12.9. The van der Waals surface area contributed by atoms with E-state index >= 15 is 0 Å². The summed E-state index contributed by atoms with van der Waals surface area (Å²) in [6.45, 7) is 6.70. The fourth-order valence-electron chi connectivity index (χ4n) is 5.74. The third-order valence-electron chi connectivity index (χ3n) is 7.99. The fourth-order valence-corrected chi connectivity index (χ4v) is 6.16. The van der Waals surface area contributed by atoms with Crippen molar-refractivity contribution in [1.29, 1.82) is 0 Å². The first-order valence-corrected chi connectivity index (χ1v) is 12.5. The van der Waals surface area contributed by atoms with Gasteiger partial charge in [-0.15, -0.1) is 0 Å². The van der Waals surface area contributed by atoms with Gasteiger partial charge in [0.25, 0.3) is 5.56 Å². The number of carbonyl (C=O) groups excluding carboxylic acids is 1. The molecule has 3 fully saturated rings. The third kappa shape index (κ3) is 4.34. The molecule has 6 rings (SSSR count). The predicted octanol–water partition coefficient (Wildman–Crippen LogP) is 4.86. The van der Waals surface area contributed by atoms with Gasteiger partial charge in [-0.3, -0.25) is 9.59 Å². The minimum absolute atomic E-state index is 0.0485. The summed E-state index contributed by atoms with van der Waals surface area (Å²) in [6, 6.07) is 5.36. The summed E-state index contributed by atoms with van der Waals surface area (Å²) in [5, 5.41) is 11.0. The molecule has 8 nitrogen and oxygen atoms in total. The highest BCUT2D eigenvalue weighted by Crippen LogP contribution is 2.61. The van der Waals surface area contributed by atoms with Gasteiger partial charge in [0, 0.05) is 24.1 Å². The van der Waals surface area contributed by atoms with Crippen molar-refractivity contribution in [3.8, 4) is 5.69 Å². The highest BCUT2D eigenvalue weighted by molar-refractivity contribution is 6.33. The number of benzene rings is 1. The second-order valence-corrected chi connectivity index (χ2v) is 11.0. The second-order valence-electron chi connectivity index (χ2n) is 10.2. The van der Waals surface area contributed by atoms with Crippen LogP contribution in [0.15, 0.2) is 47.9 Å². The molecule has 3 saturated carbocycles. The van der Waals surface area contributed by atoms with Crippen LogP contribution >= 0.6 is 23.2 Å². The van der Waals surface area contributed by atoms with Gasteiger partial charge in [-0.25, -0.2) is 9.67 Å². The summed E-state index contributed by atoms with van der Waals surface area (Å²) in [7, 11) is 0. The molecule has 0 aliphatic heterocycles. The lowest BCUT2D eigenvalue weighted by Gasteiger charge is -2.62. The zero-order chi connectivity index (χ0) is 24.9. The molecule has 0 radical (unpaired) electrons. The number of hydrogen-bond donors (Lipinski definition) is 2. The van der Waals surface area contributed by atoms with Crippen LogP contribution in [0.3, 0.4) is 0 Å². The first kappa shape index (κ1) is 23.9. The predicted molar refractivity (Wildman–Crippen MR) is 137 cm³/mol. The summed E-state index contributed by atoms with van der Waals surface area (Å²) in [6.07, 6.45) is 8.87. The number of fused-ring (bicyclic) bond motifs is 2. The van der Waals surface area contributed by atoms with Gasteiger partial charge in [0.15, 0.2) is 0 Å². The number of rotatable bonds is 6. The SMILES string of the molecule is C[C@@H]1[C@H]2C[C@@H](C[C@H]1Nc1cnn(CC(=O)Nc3ccc(Cl)c(-n4ccnc4)c3)c(=O)c1Cl)C2(C)C. The number of nitrogens with zero attached hydrogens (tertiary/aromatic N) is 4. The van der Waals surface area contributed by atoms with Crippen LogP contribution in [-0.4, -0.2) is 31.3 Å². The van der Waals surface area contributed by atoms with E-state index in [1.165, 1.54) is 12.6 Å². The molecule has 10 heteroatoms. The maximum Gasteiger partial charge on any atom is 0.288 e. The molecule has 0 unspecified atom stereocenters. The Bertz CT molecular complexity index is 1320. The Balaban J connectivity index is 1.26. The van der Waals surface area contributed by atoms with Crippen molar-refractivity contribution in [2.24, 2.45) is 23.2 Å². The maximum atomic E-state index is 12.9. The number of carbonyl (C=O) groups is 1. The van der Waals surface area contributed by atoms with Gasteiger partial charge in [-0.2, -0.15) is 5.10 Å². The van der Waals surface area contributed by atoms with Crippen LogP contribution in [0.1, 0.15) is 33.6 Å². The van der Waals surface area contributed by atoms with Crippen LogP contribution in [0.4, 0.5) is 11.4 Å². The lowest BCUT2D eigenvalue weighted by molar-refractivity contribution is -0.117. The van der Waals surface area contributed by atoms with Crippen LogP contribution in [0.5, 0.6) is 0 Å². The van der Waals surface area contributed by atoms with E-state index < -0.39 is 11.5 Å². The van der Waals surface area contributed by atoms with Crippen LogP contribution < -0.4 is 16.2 Å². The van der Waals surface area contributed by atoms with Crippen molar-refractivity contribution >= 4 is 40.5 Å². The molecule has 3 aliphatic rings. The second kappa shape index (κ2) is 8.99. The Morgan fingerprint density at radius 2 is 2.06 bits per heavy atom. The zero-order valence-corrected chi connectivity index (χ0v) is 21.3. The normalized spacial score (nSPS) is 24.5. The highest BCUT2D eigenvalue weighted by Gasteiger charge is 2.56. The molecule has 0 spiro atoms. The zero-order valence-electron chi connectivity index (χ0n) is 19.8. The van der Waals surface area contributed by atoms with Gasteiger partial charge in [-0.05, 0) is 54.2 Å². The van der Waals surface area contributed by atoms with E-state index in [4.69, 9.17) is 23.2 Å². The number of hydrogen-bond acceptors (Lipinski definition) is 5. The first-order chi connectivity index (χ1) is 16.6. The highest BCUT2D eigenvalue weighted by atomic mass is 35.5. The van der Waals surface area contributed by atoms with E-state index in [0.29, 0.717) is 45.3 Å². The summed E-state index contributed by atoms with van der Waals surface area (Å²) in [5.74, 6) is 1.42. The molecule has 2 bridgehead atoms. The summed E-state index contributed by atoms with van der Waals surface area (Å²) < 4.78 is 2.81. The van der Waals surface area contributed by atoms with Gasteiger partial charge in [0.05, 0.1) is 28.9 Å². The Kier molecular flexibility index (Phi) is 6.13. The summed E-state index contributed by atoms with van der Waals surface area (Å²) >= 11 is 12.7. The van der Waals surface area contributed by atoms with E-state index in [1.54, 1.807) is 41.5 Å². The van der Waals surface area contributed by atoms with Crippen molar-refractivity contribution in [3.05, 3.63) is 63.5 Å². The van der Waals surface area contributed by atoms with Crippen molar-refractivity contribution in [3.63, 3.8) is 0 Å². The van der Waals surface area contributed by atoms with Gasteiger partial charge in [0.2, 0.25) is 5.91 Å². The molecule has 3 aromatic rings. The van der Waals surface area contributed by atoms with Crippen molar-refractivity contribution in [2.45, 2.75) is 46.2 Å². The Morgan fingerprint density at radius 3 is 2.74 bits per heavy atom. The van der Waals surface area contributed by atoms with Crippen LogP contribution in [-0.2, 0) is 11.3 Å². The van der Waals surface area contributed by atoms with Crippen molar-refractivity contribution < 1.29 is 4.79 Å². The van der Waals surface area contributed by atoms with E-state index in [-0.39, 0.29) is 17.6 Å².